The van der Waals surface area contributed by atoms with E-state index in [2.05, 4.69) is 5.32 Å². The third-order valence-electron chi connectivity index (χ3n) is 5.06. The third-order valence-corrected chi connectivity index (χ3v) is 7.25. The Hall–Kier alpha value is -2.38. The van der Waals surface area contributed by atoms with Gasteiger partial charge in [0.2, 0.25) is 5.91 Å². The van der Waals surface area contributed by atoms with Crippen LogP contribution in [-0.4, -0.2) is 42.2 Å². The van der Waals surface area contributed by atoms with Crippen molar-refractivity contribution >= 4 is 23.5 Å². The van der Waals surface area contributed by atoms with Crippen molar-refractivity contribution in [3.05, 3.63) is 71.3 Å². The van der Waals surface area contributed by atoms with Crippen LogP contribution >= 0.6 is 7.60 Å². The molecule has 0 heterocycles. The van der Waals surface area contributed by atoms with Crippen LogP contribution in [0.15, 0.2) is 54.6 Å². The number of halogens is 5. The summed E-state index contributed by atoms with van der Waals surface area (Å²) in [6.45, 7) is 0.0450. The fourth-order valence-corrected chi connectivity index (χ4v) is 4.30. The molecule has 0 saturated heterocycles. The number of hydrogen-bond donors (Lipinski definition) is 4. The molecule has 4 N–H and O–H groups in total. The molecule has 0 aliphatic heterocycles. The monoisotopic (exact) mass is 558 g/mol. The summed E-state index contributed by atoms with van der Waals surface area (Å²) in [5.41, 5.74) is -10.3. The number of amides is 1. The first-order chi connectivity index (χ1) is 16.5. The molecule has 1 amide bonds. The summed E-state index contributed by atoms with van der Waals surface area (Å²) in [6.07, 6.45) is 1.13. The summed E-state index contributed by atoms with van der Waals surface area (Å²) in [4.78, 5) is 30.1. The van der Waals surface area contributed by atoms with E-state index in [0.717, 1.165) is 17.7 Å². The molecule has 0 saturated carbocycles. The van der Waals surface area contributed by atoms with Gasteiger partial charge in [-0.15, -0.1) is 0 Å². The smallest absolute Gasteiger partial charge is 0.355 e. The van der Waals surface area contributed by atoms with Gasteiger partial charge < -0.3 is 15.1 Å². The molecule has 200 valence electrons. The number of unbranched alkanes of at least 4 members (excludes halogenated alkanes) is 1. The van der Waals surface area contributed by atoms with Crippen LogP contribution in [0.1, 0.15) is 29.5 Å². The number of sulfonamides is 1. The Morgan fingerprint density at radius 1 is 0.917 bits per heavy atom. The summed E-state index contributed by atoms with van der Waals surface area (Å²) in [7, 11) is -11.8. The molecule has 0 bridgehead atoms. The predicted octanol–water partition coefficient (Wildman–Crippen LogP) is 3.40. The van der Waals surface area contributed by atoms with Gasteiger partial charge >= 0.3 is 28.8 Å². The topological polar surface area (TPSA) is 133 Å². The molecular formula is C21H24F5N2O6PS. The van der Waals surface area contributed by atoms with Crippen LogP contribution in [0.3, 0.4) is 0 Å². The predicted molar refractivity (Wildman–Crippen MR) is 120 cm³/mol. The van der Waals surface area contributed by atoms with E-state index >= 15 is 0 Å². The number of hydrogen-bond acceptors (Lipinski definition) is 4. The zero-order valence-electron chi connectivity index (χ0n) is 18.6. The number of rotatable bonds is 12. The highest BCUT2D eigenvalue weighted by atomic mass is 32.2. The second-order valence-corrected chi connectivity index (χ2v) is 11.2. The van der Waals surface area contributed by atoms with Crippen molar-refractivity contribution in [2.45, 2.75) is 42.9 Å². The number of carbonyl (C=O) groups is 1. The van der Waals surface area contributed by atoms with Crippen molar-refractivity contribution in [2.75, 3.05) is 6.54 Å². The minimum Gasteiger partial charge on any atom is -0.355 e. The molecule has 2 aromatic rings. The van der Waals surface area contributed by atoms with E-state index in [4.69, 9.17) is 9.79 Å². The largest absolute Gasteiger partial charge is 0.511 e. The fourth-order valence-electron chi connectivity index (χ4n) is 3.12. The zero-order chi connectivity index (χ0) is 27.2. The SMILES string of the molecule is O=C(NCCCCc1ccccc1)[C@H](Cc1ccc(C(F)(F)P(=O)(O)O)cc1)NS(=O)(=O)C(F)(F)F. The van der Waals surface area contributed by atoms with E-state index < -0.39 is 52.7 Å². The van der Waals surface area contributed by atoms with E-state index in [1.807, 2.05) is 30.3 Å². The van der Waals surface area contributed by atoms with Crippen LogP contribution in [0.4, 0.5) is 22.0 Å². The number of alkyl halides is 5. The average molecular weight is 558 g/mol. The summed E-state index contributed by atoms with van der Waals surface area (Å²) in [5.74, 6) is -1.06. The van der Waals surface area contributed by atoms with Gasteiger partial charge in [0.05, 0.1) is 0 Å². The minimum atomic E-state index is -5.92. The Morgan fingerprint density at radius 3 is 2.03 bits per heavy atom. The quantitative estimate of drug-likeness (QED) is 0.179. The Balaban J connectivity index is 2.09. The Bertz CT molecular complexity index is 1170. The first-order valence-electron chi connectivity index (χ1n) is 10.5. The fraction of sp³-hybridized carbons (Fsp3) is 0.381. The lowest BCUT2D eigenvalue weighted by Gasteiger charge is -2.21. The zero-order valence-corrected chi connectivity index (χ0v) is 20.3. The molecule has 1 atom stereocenters. The van der Waals surface area contributed by atoms with Crippen molar-refractivity contribution in [3.8, 4) is 0 Å². The first kappa shape index (κ1) is 29.8. The molecule has 15 heteroatoms. The van der Waals surface area contributed by atoms with Gasteiger partial charge in [0, 0.05) is 12.1 Å². The van der Waals surface area contributed by atoms with Gasteiger partial charge in [0.15, 0.2) is 0 Å². The highest BCUT2D eigenvalue weighted by Crippen LogP contribution is 2.59. The Morgan fingerprint density at radius 2 is 1.50 bits per heavy atom. The van der Waals surface area contributed by atoms with Gasteiger partial charge in [0.1, 0.15) is 6.04 Å². The molecule has 0 radical (unpaired) electrons. The number of nitrogens with one attached hydrogen (secondary N) is 2. The van der Waals surface area contributed by atoms with Crippen molar-refractivity contribution in [1.29, 1.82) is 0 Å². The van der Waals surface area contributed by atoms with E-state index in [9.17, 15) is 39.7 Å². The third kappa shape index (κ3) is 8.07. The van der Waals surface area contributed by atoms with Crippen LogP contribution < -0.4 is 10.0 Å². The van der Waals surface area contributed by atoms with Crippen LogP contribution in [-0.2, 0) is 37.9 Å². The van der Waals surface area contributed by atoms with Gasteiger partial charge in [-0.3, -0.25) is 9.36 Å². The van der Waals surface area contributed by atoms with Crippen molar-refractivity contribution < 1.29 is 49.5 Å². The molecule has 2 aromatic carbocycles. The van der Waals surface area contributed by atoms with Gasteiger partial charge in [0.25, 0.3) is 0 Å². The molecule has 36 heavy (non-hydrogen) atoms. The lowest BCUT2D eigenvalue weighted by Crippen LogP contribution is -2.51. The molecule has 0 fully saturated rings. The molecule has 0 aromatic heterocycles. The number of carbonyl (C=O) groups excluding carboxylic acids is 1. The molecule has 8 nitrogen and oxygen atoms in total. The van der Waals surface area contributed by atoms with E-state index in [0.29, 0.717) is 31.4 Å². The van der Waals surface area contributed by atoms with Crippen molar-refractivity contribution in [3.63, 3.8) is 0 Å². The molecule has 2 rings (SSSR count). The molecular weight excluding hydrogens is 534 g/mol. The highest BCUT2D eigenvalue weighted by Gasteiger charge is 2.50. The van der Waals surface area contributed by atoms with Gasteiger partial charge in [-0.25, -0.2) is 8.42 Å². The molecule has 0 spiro atoms. The second kappa shape index (κ2) is 11.8. The summed E-state index contributed by atoms with van der Waals surface area (Å²) < 4.78 is 102. The second-order valence-electron chi connectivity index (χ2n) is 7.84. The summed E-state index contributed by atoms with van der Waals surface area (Å²) >= 11 is 0. The van der Waals surface area contributed by atoms with Gasteiger partial charge in [-0.05, 0) is 36.8 Å². The van der Waals surface area contributed by atoms with Crippen LogP contribution in [0.5, 0.6) is 0 Å². The van der Waals surface area contributed by atoms with E-state index in [1.54, 1.807) is 0 Å². The molecule has 0 unspecified atom stereocenters. The Labute approximate surface area is 204 Å². The lowest BCUT2D eigenvalue weighted by molar-refractivity contribution is -0.122. The van der Waals surface area contributed by atoms with Crippen LogP contribution in [0, 0.1) is 0 Å². The minimum absolute atomic E-state index is 0.0330. The van der Waals surface area contributed by atoms with Gasteiger partial charge in [-0.2, -0.15) is 26.7 Å². The summed E-state index contributed by atoms with van der Waals surface area (Å²) in [6, 6.07) is 10.5. The van der Waals surface area contributed by atoms with Crippen molar-refractivity contribution in [2.24, 2.45) is 0 Å². The maximum Gasteiger partial charge on any atom is 0.511 e. The normalized spacial score (nSPS) is 13.9. The van der Waals surface area contributed by atoms with Crippen LogP contribution in [0.25, 0.3) is 0 Å². The first-order valence-corrected chi connectivity index (χ1v) is 13.6. The molecule has 0 aliphatic rings. The Kier molecular flexibility index (Phi) is 9.77. The molecule has 0 aliphatic carbocycles. The standard InChI is InChI=1S/C21H24F5N2O6PS/c22-20(23,35(30,31)32)17-11-9-16(10-12-17)14-18(28-36(33,34)21(24,25)26)19(29)27-13-5-4-8-15-6-2-1-3-7-15/h1-3,6-7,9-12,18,28H,4-5,8,13-14H2,(H,27,29)(H2,30,31,32)/t18-/m0/s1. The van der Waals surface area contributed by atoms with Gasteiger partial charge in [-0.1, -0.05) is 54.6 Å². The number of aryl methyl sites for hydroxylation is 1. The maximum absolute atomic E-state index is 13.8. The van der Waals surface area contributed by atoms with E-state index in [-0.39, 0.29) is 12.1 Å². The summed E-state index contributed by atoms with van der Waals surface area (Å²) in [5, 5.41) is 2.36. The maximum atomic E-state index is 13.8. The van der Waals surface area contributed by atoms with E-state index in [1.165, 1.54) is 4.72 Å². The lowest BCUT2D eigenvalue weighted by atomic mass is 10.0. The number of benzene rings is 2. The highest BCUT2D eigenvalue weighted by molar-refractivity contribution is 7.90. The average Bonchev–Trinajstić information content (AvgIpc) is 2.77. The van der Waals surface area contributed by atoms with Crippen molar-refractivity contribution in [1.82, 2.24) is 10.0 Å². The van der Waals surface area contributed by atoms with Crippen LogP contribution in [0.2, 0.25) is 0 Å².